The number of hydrogen-bond donors (Lipinski definition) is 2. The molecule has 2 saturated carbocycles. The molecule has 11 heavy (non-hydrogen) atoms. The molecule has 0 aromatic rings. The minimum Gasteiger partial charge on any atom is -0.360 e. The Balaban J connectivity index is 1.72. The van der Waals surface area contributed by atoms with Crippen LogP contribution in [-0.4, -0.2) is 16.7 Å². The number of hydrogen-bond acceptors (Lipinski definition) is 1. The highest BCUT2D eigenvalue weighted by molar-refractivity contribution is 7.80. The van der Waals surface area contributed by atoms with E-state index in [1.165, 1.54) is 25.7 Å². The van der Waals surface area contributed by atoms with Gasteiger partial charge in [0, 0.05) is 11.6 Å². The van der Waals surface area contributed by atoms with E-state index >= 15 is 0 Å². The molecule has 0 atom stereocenters. The van der Waals surface area contributed by atoms with Crippen molar-refractivity contribution in [1.29, 1.82) is 0 Å². The minimum atomic E-state index is 0.332. The summed E-state index contributed by atoms with van der Waals surface area (Å²) in [6.07, 6.45) is 5.11. The van der Waals surface area contributed by atoms with Crippen molar-refractivity contribution < 1.29 is 0 Å². The highest BCUT2D eigenvalue weighted by Gasteiger charge is 2.38. The molecule has 0 bridgehead atoms. The fraction of sp³-hybridized carbons (Fsp3) is 0.875. The Morgan fingerprint density at radius 2 is 2.09 bits per heavy atom. The first kappa shape index (κ1) is 7.35. The summed E-state index contributed by atoms with van der Waals surface area (Å²) in [5.41, 5.74) is 0.332. The molecule has 0 saturated heterocycles. The Hall–Kier alpha value is -0.310. The second-order valence-corrected chi connectivity index (χ2v) is 4.34. The zero-order valence-corrected chi connectivity index (χ0v) is 7.63. The van der Waals surface area contributed by atoms with Crippen LogP contribution in [-0.2, 0) is 0 Å². The molecule has 0 spiro atoms. The molecule has 0 aliphatic heterocycles. The molecule has 2 fully saturated rings. The van der Waals surface area contributed by atoms with Crippen molar-refractivity contribution in [2.24, 2.45) is 0 Å². The van der Waals surface area contributed by atoms with Gasteiger partial charge < -0.3 is 10.6 Å². The summed E-state index contributed by atoms with van der Waals surface area (Å²) in [6, 6.07) is 0.678. The zero-order valence-electron chi connectivity index (χ0n) is 6.81. The van der Waals surface area contributed by atoms with Gasteiger partial charge in [-0.05, 0) is 44.8 Å². The SMILES string of the molecule is CC1(NC(=S)NC2CC2)CC1. The maximum atomic E-state index is 5.14. The van der Waals surface area contributed by atoms with Crippen molar-refractivity contribution in [2.45, 2.75) is 44.2 Å². The van der Waals surface area contributed by atoms with E-state index < -0.39 is 0 Å². The van der Waals surface area contributed by atoms with E-state index in [9.17, 15) is 0 Å². The molecular weight excluding hydrogens is 156 g/mol. The molecule has 0 amide bonds. The minimum absolute atomic E-state index is 0.332. The molecule has 62 valence electrons. The lowest BCUT2D eigenvalue weighted by atomic mass is 10.3. The molecule has 0 aromatic heterocycles. The van der Waals surface area contributed by atoms with Gasteiger partial charge in [0.15, 0.2) is 5.11 Å². The van der Waals surface area contributed by atoms with E-state index in [1.807, 2.05) is 0 Å². The van der Waals surface area contributed by atoms with Gasteiger partial charge in [-0.15, -0.1) is 0 Å². The van der Waals surface area contributed by atoms with E-state index in [1.54, 1.807) is 0 Å². The maximum absolute atomic E-state index is 5.14. The summed E-state index contributed by atoms with van der Waals surface area (Å²) in [6.45, 7) is 2.22. The Kier molecular flexibility index (Phi) is 1.56. The van der Waals surface area contributed by atoms with E-state index in [0.29, 0.717) is 11.6 Å². The summed E-state index contributed by atoms with van der Waals surface area (Å²) in [5.74, 6) is 0. The van der Waals surface area contributed by atoms with Crippen molar-refractivity contribution in [2.75, 3.05) is 0 Å². The lowest BCUT2D eigenvalue weighted by Gasteiger charge is -2.14. The summed E-state index contributed by atoms with van der Waals surface area (Å²) < 4.78 is 0. The quantitative estimate of drug-likeness (QED) is 0.608. The third kappa shape index (κ3) is 2.06. The lowest BCUT2D eigenvalue weighted by molar-refractivity contribution is 0.652. The molecule has 0 aromatic carbocycles. The van der Waals surface area contributed by atoms with Crippen LogP contribution in [0.2, 0.25) is 0 Å². The average molecular weight is 170 g/mol. The molecule has 2 nitrogen and oxygen atoms in total. The van der Waals surface area contributed by atoms with Crippen LogP contribution in [0, 0.1) is 0 Å². The van der Waals surface area contributed by atoms with Gasteiger partial charge in [0.1, 0.15) is 0 Å². The largest absolute Gasteiger partial charge is 0.360 e. The van der Waals surface area contributed by atoms with Crippen molar-refractivity contribution in [1.82, 2.24) is 10.6 Å². The van der Waals surface area contributed by atoms with E-state index in [4.69, 9.17) is 12.2 Å². The van der Waals surface area contributed by atoms with E-state index in [0.717, 1.165) is 5.11 Å². The molecule has 2 aliphatic rings. The summed E-state index contributed by atoms with van der Waals surface area (Å²) in [5, 5.41) is 7.45. The first-order valence-electron chi connectivity index (χ1n) is 4.27. The van der Waals surface area contributed by atoms with Crippen molar-refractivity contribution in [3.05, 3.63) is 0 Å². The first-order valence-corrected chi connectivity index (χ1v) is 4.67. The summed E-state index contributed by atoms with van der Waals surface area (Å²) >= 11 is 5.14. The van der Waals surface area contributed by atoms with Crippen LogP contribution in [0.3, 0.4) is 0 Å². The topological polar surface area (TPSA) is 24.1 Å². The molecule has 0 heterocycles. The van der Waals surface area contributed by atoms with Crippen LogP contribution >= 0.6 is 12.2 Å². The summed E-state index contributed by atoms with van der Waals surface area (Å²) in [7, 11) is 0. The standard InChI is InChI=1S/C8H14N2S/c1-8(4-5-8)10-7(11)9-6-2-3-6/h6H,2-5H2,1H3,(H2,9,10,11). The van der Waals surface area contributed by atoms with Crippen LogP contribution in [0.15, 0.2) is 0 Å². The van der Waals surface area contributed by atoms with Gasteiger partial charge in [-0.3, -0.25) is 0 Å². The lowest BCUT2D eigenvalue weighted by Crippen LogP contribution is -2.42. The monoisotopic (exact) mass is 170 g/mol. The second-order valence-electron chi connectivity index (χ2n) is 3.93. The predicted octanol–water partition coefficient (Wildman–Crippen LogP) is 1.17. The van der Waals surface area contributed by atoms with Gasteiger partial charge in [-0.25, -0.2) is 0 Å². The van der Waals surface area contributed by atoms with Crippen LogP contribution < -0.4 is 10.6 Å². The zero-order chi connectivity index (χ0) is 7.90. The van der Waals surface area contributed by atoms with Crippen molar-refractivity contribution >= 4 is 17.3 Å². The number of nitrogens with one attached hydrogen (secondary N) is 2. The number of thiocarbonyl (C=S) groups is 1. The van der Waals surface area contributed by atoms with Crippen molar-refractivity contribution in [3.63, 3.8) is 0 Å². The molecule has 3 heteroatoms. The molecule has 2 N–H and O–H groups in total. The number of rotatable bonds is 2. The van der Waals surface area contributed by atoms with Crippen LogP contribution in [0.1, 0.15) is 32.6 Å². The fourth-order valence-corrected chi connectivity index (χ4v) is 1.45. The molecule has 0 unspecified atom stereocenters. The Bertz CT molecular complexity index is 183. The fourth-order valence-electron chi connectivity index (χ4n) is 1.04. The van der Waals surface area contributed by atoms with E-state index in [-0.39, 0.29) is 0 Å². The highest BCUT2D eigenvalue weighted by Crippen LogP contribution is 2.34. The molecule has 2 rings (SSSR count). The highest BCUT2D eigenvalue weighted by atomic mass is 32.1. The molecule has 0 radical (unpaired) electrons. The molecule has 2 aliphatic carbocycles. The van der Waals surface area contributed by atoms with E-state index in [2.05, 4.69) is 17.6 Å². The van der Waals surface area contributed by atoms with Gasteiger partial charge in [-0.1, -0.05) is 0 Å². The van der Waals surface area contributed by atoms with Crippen LogP contribution in [0.4, 0.5) is 0 Å². The maximum Gasteiger partial charge on any atom is 0.166 e. The van der Waals surface area contributed by atoms with Crippen molar-refractivity contribution in [3.8, 4) is 0 Å². The normalized spacial score (nSPS) is 25.9. The summed E-state index contributed by atoms with van der Waals surface area (Å²) in [4.78, 5) is 0. The first-order chi connectivity index (χ1) is 5.18. The average Bonchev–Trinajstić information content (AvgIpc) is 2.72. The van der Waals surface area contributed by atoms with Gasteiger partial charge >= 0.3 is 0 Å². The second kappa shape index (κ2) is 2.34. The predicted molar refractivity (Wildman–Crippen MR) is 49.5 cm³/mol. The Morgan fingerprint density at radius 1 is 1.45 bits per heavy atom. The Morgan fingerprint density at radius 3 is 2.55 bits per heavy atom. The third-order valence-electron chi connectivity index (χ3n) is 2.33. The van der Waals surface area contributed by atoms with Gasteiger partial charge in [0.2, 0.25) is 0 Å². The van der Waals surface area contributed by atoms with Gasteiger partial charge in [0.25, 0.3) is 0 Å². The molecular formula is C8H14N2S. The van der Waals surface area contributed by atoms with Crippen LogP contribution in [0.25, 0.3) is 0 Å². The van der Waals surface area contributed by atoms with Crippen LogP contribution in [0.5, 0.6) is 0 Å². The van der Waals surface area contributed by atoms with Gasteiger partial charge in [-0.2, -0.15) is 0 Å². The third-order valence-corrected chi connectivity index (χ3v) is 2.55. The Labute approximate surface area is 72.7 Å². The smallest absolute Gasteiger partial charge is 0.166 e. The van der Waals surface area contributed by atoms with Gasteiger partial charge in [0.05, 0.1) is 0 Å².